The summed E-state index contributed by atoms with van der Waals surface area (Å²) in [7, 11) is 3.47. The molecule has 1 saturated heterocycles. The topological polar surface area (TPSA) is 63.0 Å². The lowest BCUT2D eigenvalue weighted by Crippen LogP contribution is -2.44. The maximum atomic E-state index is 13.0. The molecule has 0 bridgehead atoms. The Kier molecular flexibility index (Phi) is 5.84. The molecule has 2 amide bonds. The zero-order chi connectivity index (χ0) is 19.4. The van der Waals surface area contributed by atoms with Crippen LogP contribution in [-0.2, 0) is 4.79 Å². The van der Waals surface area contributed by atoms with Crippen molar-refractivity contribution in [2.24, 2.45) is 5.92 Å². The summed E-state index contributed by atoms with van der Waals surface area (Å²) in [5.41, 5.74) is 1.55. The summed E-state index contributed by atoms with van der Waals surface area (Å²) in [6, 6.07) is 9.35. The molecule has 0 saturated carbocycles. The van der Waals surface area contributed by atoms with Gasteiger partial charge in [0.1, 0.15) is 12.0 Å². The van der Waals surface area contributed by atoms with E-state index in [0.29, 0.717) is 31.5 Å². The maximum absolute atomic E-state index is 13.0. The molecule has 27 heavy (non-hydrogen) atoms. The number of nitrogens with zero attached hydrogens (tertiary/aromatic N) is 2. The van der Waals surface area contributed by atoms with E-state index >= 15 is 0 Å². The fraction of sp³-hybridized carbons (Fsp3) is 0.429. The third-order valence-electron chi connectivity index (χ3n) is 5.42. The molecule has 6 nitrogen and oxygen atoms in total. The second-order valence-electron chi connectivity index (χ2n) is 6.95. The lowest BCUT2D eigenvalue weighted by molar-refractivity contribution is -0.137. The highest BCUT2D eigenvalue weighted by atomic mass is 16.5. The van der Waals surface area contributed by atoms with Crippen molar-refractivity contribution >= 4 is 11.8 Å². The van der Waals surface area contributed by atoms with Gasteiger partial charge in [0.05, 0.1) is 25.0 Å². The SMILES string of the molecule is COc1ccccc1C(C)N(C)C(=O)C1CCN(C(=O)c2ccoc2)CC1. The lowest BCUT2D eigenvalue weighted by atomic mass is 9.94. The molecule has 1 aliphatic heterocycles. The number of benzene rings is 1. The van der Waals surface area contributed by atoms with Gasteiger partial charge < -0.3 is 19.0 Å². The van der Waals surface area contributed by atoms with Gasteiger partial charge in [0.25, 0.3) is 5.91 Å². The van der Waals surface area contributed by atoms with Crippen molar-refractivity contribution in [2.45, 2.75) is 25.8 Å². The smallest absolute Gasteiger partial charge is 0.257 e. The number of ether oxygens (including phenoxy) is 1. The molecule has 1 aliphatic rings. The van der Waals surface area contributed by atoms with Crippen molar-refractivity contribution in [3.05, 3.63) is 54.0 Å². The van der Waals surface area contributed by atoms with E-state index in [9.17, 15) is 9.59 Å². The minimum atomic E-state index is -0.0840. The number of para-hydroxylation sites is 1. The maximum Gasteiger partial charge on any atom is 0.257 e. The van der Waals surface area contributed by atoms with Crippen molar-refractivity contribution in [3.63, 3.8) is 0 Å². The Balaban J connectivity index is 1.61. The number of hydrogen-bond donors (Lipinski definition) is 0. The fourth-order valence-electron chi connectivity index (χ4n) is 3.60. The molecule has 3 rings (SSSR count). The zero-order valence-electron chi connectivity index (χ0n) is 16.1. The van der Waals surface area contributed by atoms with E-state index in [1.807, 2.05) is 38.2 Å². The fourth-order valence-corrected chi connectivity index (χ4v) is 3.60. The zero-order valence-corrected chi connectivity index (χ0v) is 16.1. The van der Waals surface area contributed by atoms with Crippen molar-refractivity contribution in [1.82, 2.24) is 9.80 Å². The van der Waals surface area contributed by atoms with Crippen LogP contribution in [0.15, 0.2) is 47.3 Å². The molecule has 1 aromatic carbocycles. The number of rotatable bonds is 5. The average molecular weight is 370 g/mol. The van der Waals surface area contributed by atoms with Gasteiger partial charge in [-0.1, -0.05) is 18.2 Å². The van der Waals surface area contributed by atoms with E-state index in [-0.39, 0.29) is 23.8 Å². The highest BCUT2D eigenvalue weighted by Gasteiger charge is 2.31. The van der Waals surface area contributed by atoms with Gasteiger partial charge in [0, 0.05) is 31.6 Å². The molecule has 1 atom stereocenters. The molecule has 1 aromatic heterocycles. The van der Waals surface area contributed by atoms with E-state index in [4.69, 9.17) is 9.15 Å². The summed E-state index contributed by atoms with van der Waals surface area (Å²) in [6.07, 6.45) is 4.30. The van der Waals surface area contributed by atoms with E-state index in [1.165, 1.54) is 12.5 Å². The third kappa shape index (κ3) is 3.99. The molecule has 2 aromatic rings. The second kappa shape index (κ2) is 8.29. The van der Waals surface area contributed by atoms with Crippen LogP contribution in [0.3, 0.4) is 0 Å². The van der Waals surface area contributed by atoms with Gasteiger partial charge in [-0.3, -0.25) is 9.59 Å². The molecular formula is C21H26N2O4. The number of methoxy groups -OCH3 is 1. The Labute approximate surface area is 159 Å². The highest BCUT2D eigenvalue weighted by molar-refractivity contribution is 5.94. The van der Waals surface area contributed by atoms with Gasteiger partial charge in [0.2, 0.25) is 5.91 Å². The minimum Gasteiger partial charge on any atom is -0.496 e. The average Bonchev–Trinajstić information content (AvgIpc) is 3.26. The lowest BCUT2D eigenvalue weighted by Gasteiger charge is -2.35. The van der Waals surface area contributed by atoms with Crippen LogP contribution >= 0.6 is 0 Å². The summed E-state index contributed by atoms with van der Waals surface area (Å²) in [5, 5.41) is 0. The first-order valence-corrected chi connectivity index (χ1v) is 9.24. The van der Waals surface area contributed by atoms with Crippen molar-refractivity contribution < 1.29 is 18.7 Å². The van der Waals surface area contributed by atoms with Crippen LogP contribution in [0.2, 0.25) is 0 Å². The van der Waals surface area contributed by atoms with Gasteiger partial charge in [0.15, 0.2) is 0 Å². The number of likely N-dealkylation sites (tertiary alicyclic amines) is 1. The monoisotopic (exact) mass is 370 g/mol. The third-order valence-corrected chi connectivity index (χ3v) is 5.42. The normalized spacial score (nSPS) is 16.0. The predicted octanol–water partition coefficient (Wildman–Crippen LogP) is 3.36. The second-order valence-corrected chi connectivity index (χ2v) is 6.95. The summed E-state index contributed by atoms with van der Waals surface area (Å²) in [6.45, 7) is 3.17. The largest absolute Gasteiger partial charge is 0.496 e. The molecule has 0 N–H and O–H groups in total. The first-order chi connectivity index (χ1) is 13.0. The summed E-state index contributed by atoms with van der Waals surface area (Å²) in [5.74, 6) is 0.792. The van der Waals surface area contributed by atoms with Crippen molar-refractivity contribution in [3.8, 4) is 5.75 Å². The number of hydrogen-bond acceptors (Lipinski definition) is 4. The molecule has 0 spiro atoms. The summed E-state index contributed by atoms with van der Waals surface area (Å²) >= 11 is 0. The Morgan fingerprint density at radius 3 is 2.56 bits per heavy atom. The first kappa shape index (κ1) is 19.0. The van der Waals surface area contributed by atoms with E-state index in [1.54, 1.807) is 23.0 Å². The van der Waals surface area contributed by atoms with Crippen LogP contribution in [0.1, 0.15) is 41.7 Å². The minimum absolute atomic E-state index is 0.0367. The van der Waals surface area contributed by atoms with E-state index < -0.39 is 0 Å². The molecular weight excluding hydrogens is 344 g/mol. The first-order valence-electron chi connectivity index (χ1n) is 9.24. The van der Waals surface area contributed by atoms with Crippen molar-refractivity contribution in [2.75, 3.05) is 27.2 Å². The van der Waals surface area contributed by atoms with Crippen LogP contribution in [0.25, 0.3) is 0 Å². The van der Waals surface area contributed by atoms with Gasteiger partial charge >= 0.3 is 0 Å². The Bertz CT molecular complexity index is 779. The Hall–Kier alpha value is -2.76. The van der Waals surface area contributed by atoms with Crippen LogP contribution < -0.4 is 4.74 Å². The van der Waals surface area contributed by atoms with E-state index in [2.05, 4.69) is 0 Å². The van der Waals surface area contributed by atoms with Gasteiger partial charge in [-0.2, -0.15) is 0 Å². The number of furan rings is 1. The molecule has 6 heteroatoms. The Morgan fingerprint density at radius 1 is 1.22 bits per heavy atom. The van der Waals surface area contributed by atoms with E-state index in [0.717, 1.165) is 11.3 Å². The molecule has 0 radical (unpaired) electrons. The van der Waals surface area contributed by atoms with Crippen LogP contribution in [-0.4, -0.2) is 48.9 Å². The standard InChI is InChI=1S/C21H26N2O4/c1-15(18-6-4-5-7-19(18)26-3)22(2)20(24)16-8-11-23(12-9-16)21(25)17-10-13-27-14-17/h4-7,10,13-16H,8-9,11-12H2,1-3H3. The molecule has 144 valence electrons. The molecule has 0 aliphatic carbocycles. The number of carbonyl (C=O) groups excluding carboxylic acids is 2. The highest BCUT2D eigenvalue weighted by Crippen LogP contribution is 2.30. The number of amides is 2. The van der Waals surface area contributed by atoms with Crippen LogP contribution in [0.5, 0.6) is 5.75 Å². The van der Waals surface area contributed by atoms with Gasteiger partial charge in [-0.05, 0) is 31.9 Å². The molecule has 1 fully saturated rings. The number of carbonyl (C=O) groups is 2. The van der Waals surface area contributed by atoms with Gasteiger partial charge in [-0.25, -0.2) is 0 Å². The quantitative estimate of drug-likeness (QED) is 0.810. The van der Waals surface area contributed by atoms with Crippen LogP contribution in [0.4, 0.5) is 0 Å². The van der Waals surface area contributed by atoms with Crippen LogP contribution in [0, 0.1) is 5.92 Å². The molecule has 2 heterocycles. The summed E-state index contributed by atoms with van der Waals surface area (Å²) in [4.78, 5) is 29.0. The number of piperidine rings is 1. The van der Waals surface area contributed by atoms with Crippen molar-refractivity contribution in [1.29, 1.82) is 0 Å². The van der Waals surface area contributed by atoms with Gasteiger partial charge in [-0.15, -0.1) is 0 Å². The predicted molar refractivity (Wildman–Crippen MR) is 102 cm³/mol. The molecule has 1 unspecified atom stereocenters. The summed E-state index contributed by atoms with van der Waals surface area (Å²) < 4.78 is 10.4. The Morgan fingerprint density at radius 2 is 1.93 bits per heavy atom.